The highest BCUT2D eigenvalue weighted by Gasteiger charge is 2.52. The van der Waals surface area contributed by atoms with Gasteiger partial charge in [0, 0.05) is 50.1 Å². The van der Waals surface area contributed by atoms with E-state index in [4.69, 9.17) is 10.2 Å². The summed E-state index contributed by atoms with van der Waals surface area (Å²) >= 11 is 0. The lowest BCUT2D eigenvalue weighted by molar-refractivity contribution is -0.125. The molecule has 2 aromatic heterocycles. The van der Waals surface area contributed by atoms with Gasteiger partial charge in [-0.1, -0.05) is 0 Å². The van der Waals surface area contributed by atoms with Gasteiger partial charge in [-0.25, -0.2) is 19.9 Å². The molecule has 2 atom stereocenters. The maximum atomic E-state index is 13.0. The second-order valence-corrected chi connectivity index (χ2v) is 20.0. The Hall–Kier alpha value is -3.14. The first-order chi connectivity index (χ1) is 28.1. The number of aliphatic hydroxyl groups excluding tert-OH is 3. The van der Waals surface area contributed by atoms with Crippen LogP contribution in [0, 0.1) is 46.3 Å². The van der Waals surface area contributed by atoms with Crippen molar-refractivity contribution in [3.63, 3.8) is 0 Å². The maximum absolute atomic E-state index is 13.0. The number of amides is 2. The van der Waals surface area contributed by atoms with E-state index in [1.807, 2.05) is 0 Å². The van der Waals surface area contributed by atoms with Gasteiger partial charge in [0.15, 0.2) is 0 Å². The number of nitrogens with one attached hydrogen (secondary N) is 3. The minimum Gasteiger partial charge on any atom is -0.394 e. The van der Waals surface area contributed by atoms with E-state index >= 15 is 0 Å². The molecule has 13 rings (SSSR count). The van der Waals surface area contributed by atoms with Crippen molar-refractivity contribution < 1.29 is 29.6 Å². The molecule has 11 aliphatic rings. The number of aliphatic hydroxyl groups is 3. The van der Waals surface area contributed by atoms with Gasteiger partial charge >= 0.3 is 0 Å². The fraction of sp³-hybridized carbons (Fsp3) is 0.773. The SMILES string of the molecule is O=C(CC12CC3CC(CC(C3)C1)C2)Nc1ncnc2c1CCN(CC(O)CO)C2.O=C(CC12CC3CC(CC(C3)C1)C2)Nc1ncnc2c1CCNC2.OCC1CO1. The Morgan fingerprint density at radius 3 is 1.69 bits per heavy atom. The van der Waals surface area contributed by atoms with E-state index in [-0.39, 0.29) is 42.0 Å². The number of hydrogen-bond acceptors (Lipinski definition) is 12. The molecule has 8 aliphatic carbocycles. The van der Waals surface area contributed by atoms with Gasteiger partial charge in [0.1, 0.15) is 30.4 Å². The number of aromatic nitrogens is 4. The van der Waals surface area contributed by atoms with E-state index in [1.165, 1.54) is 83.4 Å². The molecule has 14 heteroatoms. The summed E-state index contributed by atoms with van der Waals surface area (Å²) in [4.78, 5) is 45.3. The first kappa shape index (κ1) is 40.3. The Bertz CT molecular complexity index is 1730. The Morgan fingerprint density at radius 1 is 0.759 bits per heavy atom. The minimum absolute atomic E-state index is 0.103. The molecule has 3 aliphatic heterocycles. The number of rotatable bonds is 10. The lowest BCUT2D eigenvalue weighted by atomic mass is 9.49. The Kier molecular flexibility index (Phi) is 11.9. The second-order valence-electron chi connectivity index (χ2n) is 20.0. The predicted molar refractivity (Wildman–Crippen MR) is 216 cm³/mol. The number of hydrogen-bond donors (Lipinski definition) is 6. The van der Waals surface area contributed by atoms with E-state index in [1.54, 1.807) is 6.33 Å². The molecule has 0 spiro atoms. The maximum Gasteiger partial charge on any atom is 0.226 e. The zero-order chi connectivity index (χ0) is 39.9. The monoisotopic (exact) mass is 800 g/mol. The van der Waals surface area contributed by atoms with Gasteiger partial charge in [-0.15, -0.1) is 0 Å². The van der Waals surface area contributed by atoms with Crippen LogP contribution in [0.4, 0.5) is 11.6 Å². The molecule has 14 nitrogen and oxygen atoms in total. The van der Waals surface area contributed by atoms with Crippen LogP contribution in [0.25, 0.3) is 0 Å². The number of nitrogens with zero attached hydrogens (tertiary/aromatic N) is 5. The van der Waals surface area contributed by atoms with E-state index in [2.05, 4.69) is 45.5 Å². The summed E-state index contributed by atoms with van der Waals surface area (Å²) in [7, 11) is 0. The quantitative estimate of drug-likeness (QED) is 0.191. The van der Waals surface area contributed by atoms with E-state index in [0.717, 1.165) is 103 Å². The van der Waals surface area contributed by atoms with Crippen molar-refractivity contribution in [2.24, 2.45) is 46.3 Å². The van der Waals surface area contributed by atoms with Gasteiger partial charge in [0.25, 0.3) is 0 Å². The molecule has 9 fully saturated rings. The molecule has 2 aromatic rings. The zero-order valence-corrected chi connectivity index (χ0v) is 34.0. The van der Waals surface area contributed by atoms with Gasteiger partial charge in [-0.2, -0.15) is 0 Å². The van der Waals surface area contributed by atoms with Crippen LogP contribution in [-0.2, 0) is 40.3 Å². The van der Waals surface area contributed by atoms with Gasteiger partial charge in [-0.3, -0.25) is 14.5 Å². The second kappa shape index (κ2) is 17.1. The van der Waals surface area contributed by atoms with Crippen molar-refractivity contribution >= 4 is 23.5 Å². The summed E-state index contributed by atoms with van der Waals surface area (Å²) in [6.07, 6.45) is 21.5. The van der Waals surface area contributed by atoms with Crippen molar-refractivity contribution in [2.75, 3.05) is 50.1 Å². The van der Waals surface area contributed by atoms with E-state index in [9.17, 15) is 14.7 Å². The van der Waals surface area contributed by atoms with Crippen LogP contribution in [0.15, 0.2) is 12.7 Å². The number of anilines is 2. The Balaban J connectivity index is 0.000000136. The zero-order valence-electron chi connectivity index (χ0n) is 34.0. The molecule has 2 amide bonds. The molecule has 316 valence electrons. The fourth-order valence-electron chi connectivity index (χ4n) is 13.6. The highest BCUT2D eigenvalue weighted by atomic mass is 16.6. The number of epoxide rings is 1. The summed E-state index contributed by atoms with van der Waals surface area (Å²) in [5.41, 5.74) is 4.58. The van der Waals surface area contributed by atoms with Gasteiger partial charge in [-0.05, 0) is 143 Å². The highest BCUT2D eigenvalue weighted by molar-refractivity contribution is 5.91. The largest absolute Gasteiger partial charge is 0.394 e. The number of fused-ring (bicyclic) bond motifs is 2. The summed E-state index contributed by atoms with van der Waals surface area (Å²) in [6, 6.07) is 0. The summed E-state index contributed by atoms with van der Waals surface area (Å²) in [6.45, 7) is 4.21. The third-order valence-corrected chi connectivity index (χ3v) is 15.2. The topological polar surface area (TPSA) is 198 Å². The summed E-state index contributed by atoms with van der Waals surface area (Å²) < 4.78 is 4.61. The molecule has 58 heavy (non-hydrogen) atoms. The van der Waals surface area contributed by atoms with Crippen molar-refractivity contribution in [2.45, 2.75) is 128 Å². The molecule has 6 N–H and O–H groups in total. The van der Waals surface area contributed by atoms with Crippen LogP contribution in [0.3, 0.4) is 0 Å². The lowest BCUT2D eigenvalue weighted by Gasteiger charge is -2.56. The highest BCUT2D eigenvalue weighted by Crippen LogP contribution is 2.62. The summed E-state index contributed by atoms with van der Waals surface area (Å²) in [5.74, 6) is 6.89. The molecule has 8 saturated carbocycles. The summed E-state index contributed by atoms with van der Waals surface area (Å²) in [5, 5.41) is 36.4. The Morgan fingerprint density at radius 2 is 1.24 bits per heavy atom. The normalized spacial score (nSPS) is 35.1. The molecule has 0 radical (unpaired) electrons. The van der Waals surface area contributed by atoms with Crippen LogP contribution in [0.1, 0.15) is 112 Å². The number of β-amino-alcohol motifs (C(OH)–C–C–N with tert-alkyl or cyclic N) is 1. The molecular formula is C44H64N8O6. The van der Waals surface area contributed by atoms with Crippen LogP contribution in [-0.4, -0.2) is 104 Å². The molecule has 8 bridgehead atoms. The first-order valence-electron chi connectivity index (χ1n) is 22.3. The predicted octanol–water partition coefficient (Wildman–Crippen LogP) is 3.78. The standard InChI is InChI=1S/C22H32N4O3.C19H26N4O.C3H6O2/c27-12-17(28)10-26-2-1-18-19(11-26)23-13-24-21(18)25-20(29)9-22-6-14-3-15(7-22)5-16(4-14)8-22;24-17(23-18-15-1-2-20-10-16(15)21-11-22-18)9-19-6-12-3-13(7-19)5-14(4-12)8-19;4-1-3-2-5-3/h13-17,27-28H,1-12H2,(H,23,24,25,29);11-14,20H,1-10H2,(H,21,22,23,24);3-4H,1-2H2. The van der Waals surface area contributed by atoms with E-state index in [0.29, 0.717) is 31.7 Å². The van der Waals surface area contributed by atoms with Crippen LogP contribution < -0.4 is 16.0 Å². The molecule has 0 aromatic carbocycles. The smallest absolute Gasteiger partial charge is 0.226 e. The van der Waals surface area contributed by atoms with Crippen molar-refractivity contribution in [3.05, 3.63) is 35.2 Å². The van der Waals surface area contributed by atoms with Gasteiger partial charge in [0.2, 0.25) is 11.8 Å². The van der Waals surface area contributed by atoms with Crippen LogP contribution in [0.5, 0.6) is 0 Å². The third kappa shape index (κ3) is 9.27. The van der Waals surface area contributed by atoms with Gasteiger partial charge < -0.3 is 36.0 Å². The van der Waals surface area contributed by atoms with Crippen molar-refractivity contribution in [1.29, 1.82) is 0 Å². The number of ether oxygens (including phenoxy) is 1. The molecule has 2 unspecified atom stereocenters. The van der Waals surface area contributed by atoms with Crippen LogP contribution >= 0.6 is 0 Å². The fourth-order valence-corrected chi connectivity index (χ4v) is 13.6. The molecule has 1 saturated heterocycles. The minimum atomic E-state index is -0.738. The number of carbonyl (C=O) groups is 2. The van der Waals surface area contributed by atoms with Crippen LogP contribution in [0.2, 0.25) is 0 Å². The average Bonchev–Trinajstić information content (AvgIpc) is 4.02. The van der Waals surface area contributed by atoms with E-state index < -0.39 is 6.10 Å². The lowest BCUT2D eigenvalue weighted by Crippen LogP contribution is -2.47. The van der Waals surface area contributed by atoms with Crippen molar-refractivity contribution in [1.82, 2.24) is 30.2 Å². The van der Waals surface area contributed by atoms with Crippen molar-refractivity contribution in [3.8, 4) is 0 Å². The first-order valence-corrected chi connectivity index (χ1v) is 22.3. The van der Waals surface area contributed by atoms with Gasteiger partial charge in [0.05, 0.1) is 37.3 Å². The average molecular weight is 801 g/mol. The Labute approximate surface area is 342 Å². The molecular weight excluding hydrogens is 737 g/mol. The number of carbonyl (C=O) groups excluding carboxylic acids is 2. The molecule has 5 heterocycles. The third-order valence-electron chi connectivity index (χ3n) is 15.2.